The van der Waals surface area contributed by atoms with E-state index in [0.717, 1.165) is 29.4 Å². The molecule has 1 saturated heterocycles. The standard InChI is InChI=1S/C15H18BrNO3/c1-19-14(18)9-20-15(7-10-6-13(15)17-8-10)11-2-4-12(16)5-3-11/h2-5,10,13,17H,6-9H2,1H3. The fourth-order valence-electron chi connectivity index (χ4n) is 3.43. The summed E-state index contributed by atoms with van der Waals surface area (Å²) in [4.78, 5) is 11.4. The van der Waals surface area contributed by atoms with Crippen molar-refractivity contribution >= 4 is 21.9 Å². The summed E-state index contributed by atoms with van der Waals surface area (Å²) in [6.07, 6.45) is 2.07. The topological polar surface area (TPSA) is 47.6 Å². The lowest BCUT2D eigenvalue weighted by atomic mass is 9.86. The van der Waals surface area contributed by atoms with Crippen LogP contribution in [0.3, 0.4) is 0 Å². The summed E-state index contributed by atoms with van der Waals surface area (Å²) in [6.45, 7) is 1.04. The molecule has 108 valence electrons. The lowest BCUT2D eigenvalue weighted by Crippen LogP contribution is -2.48. The molecule has 3 unspecified atom stereocenters. The highest BCUT2D eigenvalue weighted by molar-refractivity contribution is 9.10. The van der Waals surface area contributed by atoms with Gasteiger partial charge in [-0.2, -0.15) is 0 Å². The van der Waals surface area contributed by atoms with Gasteiger partial charge in [0.15, 0.2) is 0 Å². The second kappa shape index (κ2) is 5.47. The minimum absolute atomic E-state index is 0.00252. The first kappa shape index (κ1) is 14.0. The largest absolute Gasteiger partial charge is 0.467 e. The van der Waals surface area contributed by atoms with Crippen LogP contribution in [0.15, 0.2) is 28.7 Å². The van der Waals surface area contributed by atoms with Crippen LogP contribution < -0.4 is 5.32 Å². The summed E-state index contributed by atoms with van der Waals surface area (Å²) >= 11 is 3.46. The minimum Gasteiger partial charge on any atom is -0.467 e. The predicted molar refractivity (Wildman–Crippen MR) is 78.3 cm³/mol. The van der Waals surface area contributed by atoms with Gasteiger partial charge >= 0.3 is 5.97 Å². The fourth-order valence-corrected chi connectivity index (χ4v) is 3.70. The number of carbonyl (C=O) groups excluding carboxylic acids is 1. The predicted octanol–water partition coefficient (Wildman–Crippen LogP) is 2.22. The van der Waals surface area contributed by atoms with E-state index in [0.29, 0.717) is 5.92 Å². The van der Waals surface area contributed by atoms with E-state index >= 15 is 0 Å². The number of fused-ring (bicyclic) bond motifs is 2. The van der Waals surface area contributed by atoms with Crippen LogP contribution in [0.5, 0.6) is 0 Å². The van der Waals surface area contributed by atoms with E-state index in [-0.39, 0.29) is 18.6 Å². The Morgan fingerprint density at radius 1 is 1.45 bits per heavy atom. The Morgan fingerprint density at radius 2 is 2.20 bits per heavy atom. The van der Waals surface area contributed by atoms with Crippen molar-refractivity contribution in [3.63, 3.8) is 0 Å². The van der Waals surface area contributed by atoms with E-state index in [1.807, 2.05) is 12.1 Å². The number of hydrogen-bond acceptors (Lipinski definition) is 4. The van der Waals surface area contributed by atoms with Gasteiger partial charge in [0, 0.05) is 10.5 Å². The van der Waals surface area contributed by atoms with Crippen LogP contribution in [0, 0.1) is 5.92 Å². The summed E-state index contributed by atoms with van der Waals surface area (Å²) in [5, 5.41) is 3.51. The molecule has 1 aliphatic heterocycles. The molecule has 5 heteroatoms. The fraction of sp³-hybridized carbons (Fsp3) is 0.533. The smallest absolute Gasteiger partial charge is 0.331 e. The van der Waals surface area contributed by atoms with Crippen LogP contribution in [-0.2, 0) is 19.9 Å². The van der Waals surface area contributed by atoms with Crippen LogP contribution in [0.1, 0.15) is 18.4 Å². The summed E-state index contributed by atoms with van der Waals surface area (Å²) < 4.78 is 11.8. The first-order chi connectivity index (χ1) is 9.64. The van der Waals surface area contributed by atoms with Crippen molar-refractivity contribution in [3.8, 4) is 0 Å². The molecule has 20 heavy (non-hydrogen) atoms. The monoisotopic (exact) mass is 339 g/mol. The van der Waals surface area contributed by atoms with Crippen LogP contribution >= 0.6 is 15.9 Å². The maximum Gasteiger partial charge on any atom is 0.331 e. The molecular formula is C15H18BrNO3. The summed E-state index contributed by atoms with van der Waals surface area (Å²) in [5.41, 5.74) is 0.724. The highest BCUT2D eigenvalue weighted by Crippen LogP contribution is 2.48. The van der Waals surface area contributed by atoms with E-state index in [4.69, 9.17) is 9.47 Å². The Hall–Kier alpha value is -0.910. The van der Waals surface area contributed by atoms with Crippen molar-refractivity contribution in [2.24, 2.45) is 5.92 Å². The molecule has 1 saturated carbocycles. The molecule has 1 aliphatic carbocycles. The second-order valence-corrected chi connectivity index (χ2v) is 6.44. The Bertz CT molecular complexity index is 504. The Labute approximate surface area is 127 Å². The average molecular weight is 340 g/mol. The zero-order valence-corrected chi connectivity index (χ0v) is 13.0. The van der Waals surface area contributed by atoms with Gasteiger partial charge in [0.05, 0.1) is 7.11 Å². The molecule has 2 aliphatic rings. The van der Waals surface area contributed by atoms with Crippen molar-refractivity contribution in [3.05, 3.63) is 34.3 Å². The molecular weight excluding hydrogens is 322 g/mol. The van der Waals surface area contributed by atoms with Gasteiger partial charge in [-0.05, 0) is 43.0 Å². The molecule has 1 N–H and O–H groups in total. The number of piperidine rings is 1. The molecule has 1 aromatic carbocycles. The lowest BCUT2D eigenvalue weighted by Gasteiger charge is -2.38. The van der Waals surface area contributed by atoms with Gasteiger partial charge in [0.2, 0.25) is 0 Å². The van der Waals surface area contributed by atoms with Crippen molar-refractivity contribution in [2.45, 2.75) is 24.5 Å². The first-order valence-corrected chi connectivity index (χ1v) is 7.63. The second-order valence-electron chi connectivity index (χ2n) is 5.53. The Kier molecular flexibility index (Phi) is 3.84. The molecule has 0 spiro atoms. The molecule has 4 nitrogen and oxygen atoms in total. The summed E-state index contributed by atoms with van der Waals surface area (Å²) in [6, 6.07) is 8.46. The number of carbonyl (C=O) groups is 1. The highest BCUT2D eigenvalue weighted by Gasteiger charge is 2.53. The molecule has 2 bridgehead atoms. The van der Waals surface area contributed by atoms with Gasteiger partial charge in [-0.25, -0.2) is 4.79 Å². The number of ether oxygens (including phenoxy) is 2. The number of methoxy groups -OCH3 is 1. The Morgan fingerprint density at radius 3 is 2.75 bits per heavy atom. The maximum atomic E-state index is 11.4. The van der Waals surface area contributed by atoms with Crippen LogP contribution in [0.4, 0.5) is 0 Å². The van der Waals surface area contributed by atoms with E-state index < -0.39 is 5.60 Å². The molecule has 3 atom stereocenters. The molecule has 1 aromatic rings. The van der Waals surface area contributed by atoms with Crippen molar-refractivity contribution in [1.82, 2.24) is 5.32 Å². The molecule has 0 aromatic heterocycles. The number of rotatable bonds is 4. The molecule has 1 heterocycles. The van der Waals surface area contributed by atoms with Crippen molar-refractivity contribution < 1.29 is 14.3 Å². The third kappa shape index (κ3) is 2.38. The molecule has 2 fully saturated rings. The number of nitrogens with one attached hydrogen (secondary N) is 1. The number of halogens is 1. The third-order valence-corrected chi connectivity index (χ3v) is 4.91. The van der Waals surface area contributed by atoms with Gasteiger partial charge in [0.25, 0.3) is 0 Å². The third-order valence-electron chi connectivity index (χ3n) is 4.38. The normalized spacial score (nSPS) is 31.5. The van der Waals surface area contributed by atoms with Crippen LogP contribution in [-0.4, -0.2) is 32.3 Å². The molecule has 3 rings (SSSR count). The first-order valence-electron chi connectivity index (χ1n) is 6.84. The Balaban J connectivity index is 1.88. The van der Waals surface area contributed by atoms with E-state index in [2.05, 4.69) is 33.4 Å². The summed E-state index contributed by atoms with van der Waals surface area (Å²) in [5.74, 6) is 0.297. The number of hydrogen-bond donors (Lipinski definition) is 1. The van der Waals surface area contributed by atoms with Gasteiger partial charge < -0.3 is 14.8 Å². The van der Waals surface area contributed by atoms with E-state index in [1.54, 1.807) is 0 Å². The SMILES string of the molecule is COC(=O)COC1(c2ccc(Br)cc2)CC2CNC1C2. The highest BCUT2D eigenvalue weighted by atomic mass is 79.9. The van der Waals surface area contributed by atoms with Gasteiger partial charge in [-0.1, -0.05) is 28.1 Å². The van der Waals surface area contributed by atoms with Gasteiger partial charge in [-0.3, -0.25) is 0 Å². The lowest BCUT2D eigenvalue weighted by molar-refractivity contribution is -0.156. The van der Waals surface area contributed by atoms with Gasteiger partial charge in [0.1, 0.15) is 12.2 Å². The maximum absolute atomic E-state index is 11.4. The molecule has 0 amide bonds. The zero-order valence-electron chi connectivity index (χ0n) is 11.4. The zero-order chi connectivity index (χ0) is 14.2. The van der Waals surface area contributed by atoms with Gasteiger partial charge in [-0.15, -0.1) is 0 Å². The minimum atomic E-state index is -0.405. The van der Waals surface area contributed by atoms with E-state index in [9.17, 15) is 4.79 Å². The number of benzene rings is 1. The quantitative estimate of drug-likeness (QED) is 0.854. The van der Waals surface area contributed by atoms with Crippen molar-refractivity contribution in [2.75, 3.05) is 20.3 Å². The summed E-state index contributed by atoms with van der Waals surface area (Å²) in [7, 11) is 1.39. The van der Waals surface area contributed by atoms with Crippen molar-refractivity contribution in [1.29, 1.82) is 0 Å². The average Bonchev–Trinajstić information content (AvgIpc) is 3.06. The van der Waals surface area contributed by atoms with E-state index in [1.165, 1.54) is 7.11 Å². The molecule has 0 radical (unpaired) electrons. The number of esters is 1. The van der Waals surface area contributed by atoms with Crippen LogP contribution in [0.2, 0.25) is 0 Å². The van der Waals surface area contributed by atoms with Crippen LogP contribution in [0.25, 0.3) is 0 Å².